The highest BCUT2D eigenvalue weighted by Gasteiger charge is 2.46. The van der Waals surface area contributed by atoms with Crippen molar-refractivity contribution in [3.63, 3.8) is 0 Å². The Kier molecular flexibility index (Phi) is 1.70. The minimum atomic E-state index is 0.970. The maximum atomic E-state index is 4.25. The van der Waals surface area contributed by atoms with Gasteiger partial charge in [-0.1, -0.05) is 12.1 Å². The van der Waals surface area contributed by atoms with E-state index < -0.39 is 0 Å². The Morgan fingerprint density at radius 2 is 1.93 bits per heavy atom. The van der Waals surface area contributed by atoms with Crippen molar-refractivity contribution in [2.45, 2.75) is 32.6 Å². The molecule has 1 saturated carbocycles. The molecule has 0 saturated heterocycles. The van der Waals surface area contributed by atoms with Crippen LogP contribution in [-0.2, 0) is 19.9 Å². The fraction of sp³-hybridized carbons (Fsp3) is 0.818. The van der Waals surface area contributed by atoms with E-state index in [1.165, 1.54) is 30.7 Å². The number of rotatable bonds is 0. The molecule has 76 valence electrons. The van der Waals surface area contributed by atoms with Crippen LogP contribution in [0, 0.1) is 17.8 Å². The third-order valence-electron chi connectivity index (χ3n) is 4.21. The van der Waals surface area contributed by atoms with Crippen LogP contribution in [0.4, 0.5) is 0 Å². The smallest absolute Gasteiger partial charge is 0.0859 e. The van der Waals surface area contributed by atoms with Crippen molar-refractivity contribution in [1.29, 1.82) is 0 Å². The Balaban J connectivity index is 1.87. The monoisotopic (exact) mass is 191 g/mol. The van der Waals surface area contributed by atoms with Crippen LogP contribution in [0.3, 0.4) is 0 Å². The van der Waals surface area contributed by atoms with E-state index in [4.69, 9.17) is 0 Å². The molecule has 2 unspecified atom stereocenters. The lowest BCUT2D eigenvalue weighted by atomic mass is 10.0. The molecule has 1 fully saturated rings. The van der Waals surface area contributed by atoms with E-state index in [1.54, 1.807) is 0 Å². The molecular weight excluding hydrogens is 174 g/mol. The molecule has 0 aliphatic heterocycles. The van der Waals surface area contributed by atoms with Gasteiger partial charge in [0.25, 0.3) is 0 Å². The molecule has 3 rings (SSSR count). The third kappa shape index (κ3) is 1.11. The number of hydrogen-bond donors (Lipinski definition) is 0. The average molecular weight is 191 g/mol. The Labute approximate surface area is 84.5 Å². The number of nitrogens with zero attached hydrogens (tertiary/aromatic N) is 3. The van der Waals surface area contributed by atoms with Crippen LogP contribution >= 0.6 is 0 Å². The van der Waals surface area contributed by atoms with Crippen LogP contribution in [0.15, 0.2) is 0 Å². The van der Waals surface area contributed by atoms with Crippen LogP contribution in [-0.4, -0.2) is 15.0 Å². The molecule has 1 heterocycles. The highest BCUT2D eigenvalue weighted by atomic mass is 15.4. The van der Waals surface area contributed by atoms with Gasteiger partial charge in [0.15, 0.2) is 0 Å². The minimum Gasteiger partial charge on any atom is -0.252 e. The predicted molar refractivity (Wildman–Crippen MR) is 53.8 cm³/mol. The van der Waals surface area contributed by atoms with E-state index in [2.05, 4.69) is 17.2 Å². The summed E-state index contributed by atoms with van der Waals surface area (Å²) in [4.78, 5) is 0. The Morgan fingerprint density at radius 3 is 2.71 bits per heavy atom. The summed E-state index contributed by atoms with van der Waals surface area (Å²) in [6.07, 6.45) is 5.01. The summed E-state index contributed by atoms with van der Waals surface area (Å²) in [6.45, 7) is 2.40. The molecule has 14 heavy (non-hydrogen) atoms. The average Bonchev–Trinajstić information content (AvgIpc) is 2.58. The lowest BCUT2D eigenvalue weighted by molar-refractivity contribution is 0.566. The zero-order chi connectivity index (χ0) is 9.71. The summed E-state index contributed by atoms with van der Waals surface area (Å²) in [6, 6.07) is 0. The number of fused-ring (bicyclic) bond motifs is 2. The van der Waals surface area contributed by atoms with Crippen molar-refractivity contribution in [2.75, 3.05) is 0 Å². The van der Waals surface area contributed by atoms with Crippen LogP contribution in [0.1, 0.15) is 31.2 Å². The van der Waals surface area contributed by atoms with E-state index >= 15 is 0 Å². The van der Waals surface area contributed by atoms with Crippen LogP contribution in [0.2, 0.25) is 0 Å². The molecule has 3 nitrogen and oxygen atoms in total. The van der Waals surface area contributed by atoms with Crippen LogP contribution < -0.4 is 0 Å². The first-order valence-electron chi connectivity index (χ1n) is 5.65. The number of aryl methyl sites for hydroxylation is 2. The molecule has 3 heteroatoms. The molecular formula is C11H17N3. The van der Waals surface area contributed by atoms with Gasteiger partial charge in [0.05, 0.1) is 11.4 Å². The lowest BCUT2D eigenvalue weighted by Gasteiger charge is -2.07. The topological polar surface area (TPSA) is 30.7 Å². The fourth-order valence-electron chi connectivity index (χ4n) is 3.12. The predicted octanol–water partition coefficient (Wildman–Crippen LogP) is 1.58. The molecule has 0 amide bonds. The second-order valence-electron chi connectivity index (χ2n) is 4.87. The highest BCUT2D eigenvalue weighted by molar-refractivity contribution is 5.14. The molecule has 1 aromatic heterocycles. The van der Waals surface area contributed by atoms with E-state index in [0.717, 1.165) is 24.2 Å². The SMILES string of the molecule is C[C@@H]1C2CCc3nnn(C)c3CCC21. The zero-order valence-electron chi connectivity index (χ0n) is 8.90. The van der Waals surface area contributed by atoms with E-state index in [0.29, 0.717) is 0 Å². The van der Waals surface area contributed by atoms with Crippen molar-refractivity contribution in [3.05, 3.63) is 11.4 Å². The van der Waals surface area contributed by atoms with Gasteiger partial charge in [-0.25, -0.2) is 0 Å². The fourth-order valence-corrected chi connectivity index (χ4v) is 3.12. The number of hydrogen-bond acceptors (Lipinski definition) is 2. The van der Waals surface area contributed by atoms with Gasteiger partial charge >= 0.3 is 0 Å². The quantitative estimate of drug-likeness (QED) is 0.623. The molecule has 0 spiro atoms. The maximum Gasteiger partial charge on any atom is 0.0859 e. The molecule has 0 bridgehead atoms. The largest absolute Gasteiger partial charge is 0.252 e. The summed E-state index contributed by atoms with van der Waals surface area (Å²) < 4.78 is 1.96. The van der Waals surface area contributed by atoms with E-state index in [9.17, 15) is 0 Å². The minimum absolute atomic E-state index is 0.970. The Bertz CT molecular complexity index is 355. The van der Waals surface area contributed by atoms with Crippen molar-refractivity contribution in [2.24, 2.45) is 24.8 Å². The Hall–Kier alpha value is -0.860. The van der Waals surface area contributed by atoms with Crippen molar-refractivity contribution >= 4 is 0 Å². The normalized spacial score (nSPS) is 35.4. The van der Waals surface area contributed by atoms with E-state index in [1.807, 2.05) is 11.7 Å². The van der Waals surface area contributed by atoms with Gasteiger partial charge in [-0.3, -0.25) is 4.68 Å². The Morgan fingerprint density at radius 1 is 1.21 bits per heavy atom. The second-order valence-corrected chi connectivity index (χ2v) is 4.87. The molecule has 3 atom stereocenters. The van der Waals surface area contributed by atoms with Crippen molar-refractivity contribution < 1.29 is 0 Å². The summed E-state index contributed by atoms with van der Waals surface area (Å²) in [5, 5.41) is 8.36. The van der Waals surface area contributed by atoms with Gasteiger partial charge in [-0.05, 0) is 43.4 Å². The number of aromatic nitrogens is 3. The molecule has 0 aromatic carbocycles. The van der Waals surface area contributed by atoms with E-state index in [-0.39, 0.29) is 0 Å². The van der Waals surface area contributed by atoms with Gasteiger partial charge < -0.3 is 0 Å². The van der Waals surface area contributed by atoms with Gasteiger partial charge in [-0.15, -0.1) is 5.10 Å². The molecule has 0 N–H and O–H groups in total. The maximum absolute atomic E-state index is 4.25. The molecule has 2 aliphatic carbocycles. The first-order valence-corrected chi connectivity index (χ1v) is 5.65. The standard InChI is InChI=1S/C11H17N3/c1-7-8-3-5-10-11(6-4-9(7)8)14(2)13-12-10/h7-9H,3-6H2,1-2H3/t7-,8?,9?/m1/s1. The summed E-state index contributed by atoms with van der Waals surface area (Å²) in [5.41, 5.74) is 2.63. The van der Waals surface area contributed by atoms with Gasteiger partial charge in [0.2, 0.25) is 0 Å². The highest BCUT2D eigenvalue weighted by Crippen LogP contribution is 2.52. The van der Waals surface area contributed by atoms with Gasteiger partial charge in [0, 0.05) is 7.05 Å². The summed E-state index contributed by atoms with van der Waals surface area (Å²) in [5.74, 6) is 2.96. The zero-order valence-corrected chi connectivity index (χ0v) is 8.90. The van der Waals surface area contributed by atoms with Crippen molar-refractivity contribution in [1.82, 2.24) is 15.0 Å². The molecule has 2 aliphatic rings. The third-order valence-corrected chi connectivity index (χ3v) is 4.21. The van der Waals surface area contributed by atoms with Crippen LogP contribution in [0.25, 0.3) is 0 Å². The van der Waals surface area contributed by atoms with Gasteiger partial charge in [-0.2, -0.15) is 0 Å². The summed E-state index contributed by atoms with van der Waals surface area (Å²) in [7, 11) is 2.02. The molecule has 0 radical (unpaired) electrons. The first-order chi connectivity index (χ1) is 6.77. The first kappa shape index (κ1) is 8.45. The molecule has 1 aromatic rings. The lowest BCUT2D eigenvalue weighted by Crippen LogP contribution is -2.04. The van der Waals surface area contributed by atoms with Crippen molar-refractivity contribution in [3.8, 4) is 0 Å². The second kappa shape index (κ2) is 2.81. The van der Waals surface area contributed by atoms with Gasteiger partial charge in [0.1, 0.15) is 0 Å². The summed E-state index contributed by atoms with van der Waals surface area (Å²) >= 11 is 0. The van der Waals surface area contributed by atoms with Crippen LogP contribution in [0.5, 0.6) is 0 Å².